The minimum absolute atomic E-state index is 0.0190. The summed E-state index contributed by atoms with van der Waals surface area (Å²) in [6.45, 7) is 7.54. The Labute approximate surface area is 150 Å². The van der Waals surface area contributed by atoms with Gasteiger partial charge in [0.05, 0.1) is 22.0 Å². The van der Waals surface area contributed by atoms with Gasteiger partial charge in [-0.05, 0) is 27.7 Å². The number of rotatable bonds is 5. The lowest BCUT2D eigenvalue weighted by atomic mass is 9.97. The van der Waals surface area contributed by atoms with Crippen LogP contribution in [-0.4, -0.2) is 58.3 Å². The Morgan fingerprint density at radius 3 is 2.40 bits per heavy atom. The minimum atomic E-state index is -0.892. The Morgan fingerprint density at radius 2 is 1.88 bits per heavy atom. The second-order valence-corrected chi connectivity index (χ2v) is 9.05. The lowest BCUT2D eigenvalue weighted by molar-refractivity contribution is -0.180. The Morgan fingerprint density at radius 1 is 1.24 bits per heavy atom. The van der Waals surface area contributed by atoms with Crippen molar-refractivity contribution in [3.8, 4) is 0 Å². The van der Waals surface area contributed by atoms with Gasteiger partial charge in [-0.3, -0.25) is 14.4 Å². The van der Waals surface area contributed by atoms with Gasteiger partial charge in [0.25, 0.3) is 0 Å². The van der Waals surface area contributed by atoms with Crippen molar-refractivity contribution in [2.75, 3.05) is 13.4 Å². The molecule has 1 amide bonds. The molecule has 9 heteroatoms. The second kappa shape index (κ2) is 6.86. The van der Waals surface area contributed by atoms with Gasteiger partial charge >= 0.3 is 17.9 Å². The zero-order valence-corrected chi connectivity index (χ0v) is 15.8. The fourth-order valence-electron chi connectivity index (χ4n) is 2.64. The van der Waals surface area contributed by atoms with E-state index in [0.717, 1.165) is 0 Å². The Hall–Kier alpha value is -1.77. The zero-order chi connectivity index (χ0) is 19.0. The van der Waals surface area contributed by atoms with Crippen LogP contribution in [0.15, 0.2) is 0 Å². The van der Waals surface area contributed by atoms with Gasteiger partial charge in [-0.1, -0.05) is 0 Å². The van der Waals surface area contributed by atoms with Crippen molar-refractivity contribution in [2.24, 2.45) is 5.41 Å². The molecule has 2 heterocycles. The van der Waals surface area contributed by atoms with Crippen LogP contribution in [0, 0.1) is 5.41 Å². The van der Waals surface area contributed by atoms with E-state index in [-0.39, 0.29) is 17.9 Å². The van der Waals surface area contributed by atoms with E-state index >= 15 is 0 Å². The summed E-state index contributed by atoms with van der Waals surface area (Å²) in [4.78, 5) is 48.7. The van der Waals surface area contributed by atoms with Gasteiger partial charge in [0.2, 0.25) is 12.7 Å². The molecule has 2 aliphatic rings. The Kier molecular flexibility index (Phi) is 5.36. The standard InChI is InChI=1S/C16H23NO7S/c1-9(18)22-7-16(5)12(17-10(19)6-11(17)25-16)13(20)23-8-24-14(21)15(2,3)4/h11-12H,6-8H2,1-5H3. The van der Waals surface area contributed by atoms with Crippen molar-refractivity contribution in [1.82, 2.24) is 4.90 Å². The highest BCUT2D eigenvalue weighted by molar-refractivity contribution is 8.01. The lowest BCUT2D eigenvalue weighted by Crippen LogP contribution is -2.58. The largest absolute Gasteiger partial charge is 0.464 e. The van der Waals surface area contributed by atoms with Crippen LogP contribution in [-0.2, 0) is 33.4 Å². The molecule has 0 N–H and O–H groups in total. The molecule has 2 saturated heterocycles. The van der Waals surface area contributed by atoms with Crippen LogP contribution in [0.3, 0.4) is 0 Å². The molecule has 2 fully saturated rings. The maximum atomic E-state index is 12.5. The highest BCUT2D eigenvalue weighted by Gasteiger charge is 2.61. The first kappa shape index (κ1) is 19.6. The van der Waals surface area contributed by atoms with Crippen LogP contribution in [0.5, 0.6) is 0 Å². The van der Waals surface area contributed by atoms with Gasteiger partial charge in [0.1, 0.15) is 12.6 Å². The van der Waals surface area contributed by atoms with Crippen LogP contribution in [0.4, 0.5) is 0 Å². The molecule has 0 aromatic heterocycles. The van der Waals surface area contributed by atoms with E-state index in [9.17, 15) is 19.2 Å². The number of nitrogens with zero attached hydrogens (tertiary/aromatic N) is 1. The fraction of sp³-hybridized carbons (Fsp3) is 0.750. The van der Waals surface area contributed by atoms with Crippen LogP contribution in [0.25, 0.3) is 0 Å². The van der Waals surface area contributed by atoms with E-state index < -0.39 is 40.9 Å². The quantitative estimate of drug-likeness (QED) is 0.401. The van der Waals surface area contributed by atoms with E-state index in [1.54, 1.807) is 27.7 Å². The Bertz CT molecular complexity index is 600. The Balaban J connectivity index is 2.02. The first-order valence-electron chi connectivity index (χ1n) is 7.92. The van der Waals surface area contributed by atoms with Crippen LogP contribution in [0.1, 0.15) is 41.0 Å². The van der Waals surface area contributed by atoms with Crippen molar-refractivity contribution >= 4 is 35.6 Å². The summed E-state index contributed by atoms with van der Waals surface area (Å²) in [5.74, 6) is -1.80. The highest BCUT2D eigenvalue weighted by Crippen LogP contribution is 2.51. The minimum Gasteiger partial charge on any atom is -0.464 e. The van der Waals surface area contributed by atoms with Crippen molar-refractivity contribution < 1.29 is 33.4 Å². The second-order valence-electron chi connectivity index (χ2n) is 7.34. The van der Waals surface area contributed by atoms with E-state index in [1.807, 2.05) is 0 Å². The predicted octanol–water partition coefficient (Wildman–Crippen LogP) is 1.07. The SMILES string of the molecule is CC(=O)OCC1(C)SC2CC(=O)N2C1C(=O)OCOC(=O)C(C)(C)C. The molecule has 3 atom stereocenters. The maximum Gasteiger partial charge on any atom is 0.333 e. The molecule has 2 rings (SSSR count). The molecule has 8 nitrogen and oxygen atoms in total. The van der Waals surface area contributed by atoms with Crippen LogP contribution in [0.2, 0.25) is 0 Å². The molecule has 140 valence electrons. The first-order valence-corrected chi connectivity index (χ1v) is 8.80. The van der Waals surface area contributed by atoms with Gasteiger partial charge in [0.15, 0.2) is 0 Å². The number of esters is 3. The summed E-state index contributed by atoms with van der Waals surface area (Å²) >= 11 is 1.41. The molecule has 3 unspecified atom stereocenters. The summed E-state index contributed by atoms with van der Waals surface area (Å²) in [5, 5.41) is -0.136. The summed E-state index contributed by atoms with van der Waals surface area (Å²) < 4.78 is 14.3. The number of thioether (sulfide) groups is 1. The lowest BCUT2D eigenvalue weighted by Gasteiger charge is -2.37. The van der Waals surface area contributed by atoms with Gasteiger partial charge in [-0.2, -0.15) is 0 Å². The average Bonchev–Trinajstić information content (AvgIpc) is 2.72. The number of hydrogen-bond donors (Lipinski definition) is 0. The highest BCUT2D eigenvalue weighted by atomic mass is 32.2. The number of hydrogen-bond acceptors (Lipinski definition) is 8. The number of amides is 1. The third-order valence-electron chi connectivity index (χ3n) is 4.00. The summed E-state index contributed by atoms with van der Waals surface area (Å²) in [7, 11) is 0. The van der Waals surface area contributed by atoms with Gasteiger partial charge in [-0.15, -0.1) is 11.8 Å². The summed E-state index contributed by atoms with van der Waals surface area (Å²) in [5.41, 5.74) is -0.710. The first-order chi connectivity index (χ1) is 11.5. The number of carbonyl (C=O) groups is 4. The van der Waals surface area contributed by atoms with Crippen molar-refractivity contribution in [2.45, 2.75) is 57.2 Å². The maximum absolute atomic E-state index is 12.5. The van der Waals surface area contributed by atoms with E-state index in [2.05, 4.69) is 0 Å². The molecule has 2 aliphatic heterocycles. The summed E-state index contributed by atoms with van der Waals surface area (Å²) in [6.07, 6.45) is 0.336. The monoisotopic (exact) mass is 373 g/mol. The molecular formula is C16H23NO7S. The van der Waals surface area contributed by atoms with Crippen molar-refractivity contribution in [3.05, 3.63) is 0 Å². The van der Waals surface area contributed by atoms with Crippen molar-refractivity contribution in [1.29, 1.82) is 0 Å². The molecule has 25 heavy (non-hydrogen) atoms. The molecule has 0 saturated carbocycles. The van der Waals surface area contributed by atoms with Gasteiger partial charge in [0, 0.05) is 6.92 Å². The molecule has 0 aliphatic carbocycles. The third-order valence-corrected chi connectivity index (χ3v) is 5.54. The van der Waals surface area contributed by atoms with Crippen molar-refractivity contribution in [3.63, 3.8) is 0 Å². The number of carbonyl (C=O) groups excluding carboxylic acids is 4. The predicted molar refractivity (Wildman–Crippen MR) is 88.2 cm³/mol. The van der Waals surface area contributed by atoms with E-state index in [1.165, 1.54) is 23.6 Å². The molecule has 0 spiro atoms. The van der Waals surface area contributed by atoms with Crippen LogP contribution < -0.4 is 0 Å². The zero-order valence-electron chi connectivity index (χ0n) is 15.0. The number of ether oxygens (including phenoxy) is 3. The summed E-state index contributed by atoms with van der Waals surface area (Å²) in [6, 6.07) is -0.892. The van der Waals surface area contributed by atoms with Gasteiger partial charge in [-0.25, -0.2) is 4.79 Å². The topological polar surface area (TPSA) is 99.2 Å². The van der Waals surface area contributed by atoms with E-state index in [4.69, 9.17) is 14.2 Å². The normalized spacial score (nSPS) is 28.0. The van der Waals surface area contributed by atoms with E-state index in [0.29, 0.717) is 6.42 Å². The average molecular weight is 373 g/mol. The molecule has 0 bridgehead atoms. The number of β-lactam (4-membered cyclic amide) rings is 1. The van der Waals surface area contributed by atoms with Gasteiger partial charge < -0.3 is 19.1 Å². The number of fused-ring (bicyclic) bond motifs is 1. The fourth-order valence-corrected chi connectivity index (χ4v) is 4.30. The van der Waals surface area contributed by atoms with Crippen LogP contribution >= 0.6 is 11.8 Å². The molecular weight excluding hydrogens is 350 g/mol. The molecule has 0 aromatic carbocycles. The molecule has 0 radical (unpaired) electrons. The molecule has 0 aromatic rings. The smallest absolute Gasteiger partial charge is 0.333 e. The third kappa shape index (κ3) is 4.08.